The Labute approximate surface area is 79.3 Å². The van der Waals surface area contributed by atoms with Crippen LogP contribution in [-0.4, -0.2) is 23.9 Å². The Morgan fingerprint density at radius 2 is 2.38 bits per heavy atom. The number of carbonyl (C=O) groups excluding carboxylic acids is 1. The molecule has 0 aliphatic carbocycles. The van der Waals surface area contributed by atoms with Crippen molar-refractivity contribution >= 4 is 5.91 Å². The number of carbonyl (C=O) groups is 1. The van der Waals surface area contributed by atoms with Gasteiger partial charge >= 0.3 is 0 Å². The van der Waals surface area contributed by atoms with Gasteiger partial charge in [-0.3, -0.25) is 4.79 Å². The highest BCUT2D eigenvalue weighted by Gasteiger charge is 2.20. The standard InChI is InChI=1S/C10H16N2O/c1-2-9-3-4-10(13)12(7-5-9)8-6-11/h9H,2-5,7-8H2,1H3. The van der Waals surface area contributed by atoms with Crippen LogP contribution in [0.5, 0.6) is 0 Å². The lowest BCUT2D eigenvalue weighted by Crippen LogP contribution is -2.30. The van der Waals surface area contributed by atoms with E-state index < -0.39 is 0 Å². The quantitative estimate of drug-likeness (QED) is 0.605. The number of amides is 1. The molecule has 0 N–H and O–H groups in total. The van der Waals surface area contributed by atoms with Gasteiger partial charge in [0, 0.05) is 13.0 Å². The Kier molecular flexibility index (Phi) is 3.75. The number of nitrogens with zero attached hydrogens (tertiary/aromatic N) is 2. The van der Waals surface area contributed by atoms with Crippen LogP contribution >= 0.6 is 0 Å². The fourth-order valence-corrected chi connectivity index (χ4v) is 1.75. The van der Waals surface area contributed by atoms with E-state index in [0.29, 0.717) is 12.3 Å². The van der Waals surface area contributed by atoms with E-state index in [1.807, 2.05) is 6.07 Å². The zero-order valence-electron chi connectivity index (χ0n) is 8.12. The summed E-state index contributed by atoms with van der Waals surface area (Å²) in [5, 5.41) is 8.51. The topological polar surface area (TPSA) is 44.1 Å². The Hall–Kier alpha value is -1.04. The van der Waals surface area contributed by atoms with Gasteiger partial charge in [-0.05, 0) is 18.8 Å². The van der Waals surface area contributed by atoms with Crippen molar-refractivity contribution in [1.29, 1.82) is 5.26 Å². The molecule has 0 aromatic rings. The first kappa shape index (κ1) is 10.0. The summed E-state index contributed by atoms with van der Waals surface area (Å²) < 4.78 is 0. The van der Waals surface area contributed by atoms with Crippen LogP contribution in [0.4, 0.5) is 0 Å². The fraction of sp³-hybridized carbons (Fsp3) is 0.800. The van der Waals surface area contributed by atoms with Crippen LogP contribution in [0, 0.1) is 17.2 Å². The number of hydrogen-bond acceptors (Lipinski definition) is 2. The van der Waals surface area contributed by atoms with Crippen LogP contribution < -0.4 is 0 Å². The minimum atomic E-state index is 0.150. The van der Waals surface area contributed by atoms with E-state index in [2.05, 4.69) is 6.92 Å². The summed E-state index contributed by atoms with van der Waals surface area (Å²) in [7, 11) is 0. The van der Waals surface area contributed by atoms with Gasteiger partial charge < -0.3 is 4.90 Å². The smallest absolute Gasteiger partial charge is 0.223 e. The first-order valence-corrected chi connectivity index (χ1v) is 4.92. The van der Waals surface area contributed by atoms with Gasteiger partial charge in [0.1, 0.15) is 6.54 Å². The molecule has 13 heavy (non-hydrogen) atoms. The van der Waals surface area contributed by atoms with Crippen LogP contribution in [0.15, 0.2) is 0 Å². The summed E-state index contributed by atoms with van der Waals surface area (Å²) in [6, 6.07) is 2.03. The molecule has 0 saturated carbocycles. The monoisotopic (exact) mass is 180 g/mol. The van der Waals surface area contributed by atoms with Crippen LogP contribution in [0.2, 0.25) is 0 Å². The van der Waals surface area contributed by atoms with Crippen molar-refractivity contribution in [2.24, 2.45) is 5.92 Å². The average Bonchev–Trinajstić information content (AvgIpc) is 2.31. The summed E-state index contributed by atoms with van der Waals surface area (Å²) in [6.07, 6.45) is 3.83. The van der Waals surface area contributed by atoms with E-state index in [9.17, 15) is 4.79 Å². The maximum absolute atomic E-state index is 11.4. The van der Waals surface area contributed by atoms with Crippen LogP contribution in [-0.2, 0) is 4.79 Å². The number of rotatable bonds is 2. The van der Waals surface area contributed by atoms with E-state index in [1.165, 1.54) is 0 Å². The zero-order valence-corrected chi connectivity index (χ0v) is 8.12. The second kappa shape index (κ2) is 4.86. The van der Waals surface area contributed by atoms with Gasteiger partial charge in [0.05, 0.1) is 6.07 Å². The highest BCUT2D eigenvalue weighted by molar-refractivity contribution is 5.76. The predicted octanol–water partition coefficient (Wildman–Crippen LogP) is 1.55. The second-order valence-electron chi connectivity index (χ2n) is 3.58. The molecular formula is C10H16N2O. The Balaban J connectivity index is 2.50. The number of nitriles is 1. The summed E-state index contributed by atoms with van der Waals surface area (Å²) in [6.45, 7) is 3.19. The van der Waals surface area contributed by atoms with Gasteiger partial charge in [0.25, 0.3) is 0 Å². The molecule has 1 saturated heterocycles. The second-order valence-corrected chi connectivity index (χ2v) is 3.58. The minimum Gasteiger partial charge on any atom is -0.329 e. The van der Waals surface area contributed by atoms with Gasteiger partial charge in [-0.15, -0.1) is 0 Å². The lowest BCUT2D eigenvalue weighted by molar-refractivity contribution is -0.130. The third-order valence-electron chi connectivity index (χ3n) is 2.77. The average molecular weight is 180 g/mol. The molecule has 1 aliphatic rings. The third kappa shape index (κ3) is 2.73. The van der Waals surface area contributed by atoms with Crippen molar-refractivity contribution in [2.45, 2.75) is 32.6 Å². The normalized spacial score (nSPS) is 23.8. The van der Waals surface area contributed by atoms with Crippen molar-refractivity contribution in [3.8, 4) is 6.07 Å². The Morgan fingerprint density at radius 1 is 1.62 bits per heavy atom. The van der Waals surface area contributed by atoms with Gasteiger partial charge in [0.2, 0.25) is 5.91 Å². The molecule has 0 spiro atoms. The lowest BCUT2D eigenvalue weighted by Gasteiger charge is -2.16. The first-order valence-electron chi connectivity index (χ1n) is 4.92. The van der Waals surface area contributed by atoms with E-state index in [0.717, 1.165) is 25.8 Å². The number of likely N-dealkylation sites (tertiary alicyclic amines) is 1. The van der Waals surface area contributed by atoms with Crippen LogP contribution in [0.1, 0.15) is 32.6 Å². The Bertz CT molecular complexity index is 219. The van der Waals surface area contributed by atoms with Crippen molar-refractivity contribution in [3.63, 3.8) is 0 Å². The predicted molar refractivity (Wildman–Crippen MR) is 49.8 cm³/mol. The van der Waals surface area contributed by atoms with E-state index in [4.69, 9.17) is 5.26 Å². The molecule has 1 fully saturated rings. The molecule has 1 unspecified atom stereocenters. The highest BCUT2D eigenvalue weighted by Crippen LogP contribution is 2.20. The molecule has 0 aromatic carbocycles. The van der Waals surface area contributed by atoms with Crippen molar-refractivity contribution in [1.82, 2.24) is 4.90 Å². The summed E-state index contributed by atoms with van der Waals surface area (Å²) in [5.74, 6) is 0.824. The van der Waals surface area contributed by atoms with Gasteiger partial charge in [-0.2, -0.15) is 5.26 Å². The molecule has 0 radical (unpaired) electrons. The van der Waals surface area contributed by atoms with E-state index in [1.54, 1.807) is 4.90 Å². The van der Waals surface area contributed by atoms with Gasteiger partial charge in [0.15, 0.2) is 0 Å². The molecule has 3 heteroatoms. The first-order chi connectivity index (χ1) is 6.27. The van der Waals surface area contributed by atoms with Crippen molar-refractivity contribution in [3.05, 3.63) is 0 Å². The minimum absolute atomic E-state index is 0.150. The zero-order chi connectivity index (χ0) is 9.68. The fourth-order valence-electron chi connectivity index (χ4n) is 1.75. The maximum atomic E-state index is 11.4. The van der Waals surface area contributed by atoms with E-state index in [-0.39, 0.29) is 12.5 Å². The highest BCUT2D eigenvalue weighted by atomic mass is 16.2. The molecular weight excluding hydrogens is 164 g/mol. The van der Waals surface area contributed by atoms with Gasteiger partial charge in [-0.1, -0.05) is 13.3 Å². The van der Waals surface area contributed by atoms with Crippen molar-refractivity contribution < 1.29 is 4.79 Å². The van der Waals surface area contributed by atoms with Crippen LogP contribution in [0.3, 0.4) is 0 Å². The molecule has 1 amide bonds. The summed E-state index contributed by atoms with van der Waals surface area (Å²) in [5.41, 5.74) is 0. The SMILES string of the molecule is CCC1CCC(=O)N(CC#N)CC1. The largest absolute Gasteiger partial charge is 0.329 e. The lowest BCUT2D eigenvalue weighted by atomic mass is 9.98. The van der Waals surface area contributed by atoms with Gasteiger partial charge in [-0.25, -0.2) is 0 Å². The molecule has 72 valence electrons. The third-order valence-corrected chi connectivity index (χ3v) is 2.77. The summed E-state index contributed by atoms with van der Waals surface area (Å²) in [4.78, 5) is 13.1. The molecule has 1 rings (SSSR count). The molecule has 0 bridgehead atoms. The Morgan fingerprint density at radius 3 is 3.00 bits per heavy atom. The van der Waals surface area contributed by atoms with Crippen molar-refractivity contribution in [2.75, 3.05) is 13.1 Å². The van der Waals surface area contributed by atoms with Crippen LogP contribution in [0.25, 0.3) is 0 Å². The number of hydrogen-bond donors (Lipinski definition) is 0. The molecule has 1 heterocycles. The maximum Gasteiger partial charge on any atom is 0.223 e. The molecule has 3 nitrogen and oxygen atoms in total. The molecule has 1 aliphatic heterocycles. The molecule has 0 aromatic heterocycles. The summed E-state index contributed by atoms with van der Waals surface area (Å²) >= 11 is 0. The van der Waals surface area contributed by atoms with E-state index >= 15 is 0 Å². The molecule has 1 atom stereocenters.